The summed E-state index contributed by atoms with van der Waals surface area (Å²) in [6.07, 6.45) is 0. The lowest BCUT2D eigenvalue weighted by molar-refractivity contribution is -0.132. The fourth-order valence-electron chi connectivity index (χ4n) is 0.699. The van der Waals surface area contributed by atoms with Crippen molar-refractivity contribution in [1.29, 1.82) is 0 Å². The minimum atomic E-state index is -3.65. The summed E-state index contributed by atoms with van der Waals surface area (Å²) in [5.41, 5.74) is 4.55. The maximum atomic E-state index is 11.0. The monoisotopic (exact) mass is 190 g/mol. The smallest absolute Gasteiger partial charge is 0.355 e. The molecule has 0 aromatic rings. The van der Waals surface area contributed by atoms with Crippen LogP contribution in [-0.2, 0) is 14.6 Å². The van der Waals surface area contributed by atoms with Crippen molar-refractivity contribution >= 4 is 20.9 Å². The van der Waals surface area contributed by atoms with Crippen molar-refractivity contribution < 1.29 is 18.3 Å². The van der Waals surface area contributed by atoms with Crippen LogP contribution >= 0.6 is 0 Å². The Kier molecular flexibility index (Phi) is 1.99. The lowest BCUT2D eigenvalue weighted by Gasteiger charge is -1.90. The molecule has 1 heterocycles. The Morgan fingerprint density at radius 2 is 2.25 bits per heavy atom. The van der Waals surface area contributed by atoms with E-state index in [1.54, 1.807) is 0 Å². The third-order valence-electron chi connectivity index (χ3n) is 1.23. The van der Waals surface area contributed by atoms with Crippen LogP contribution in [0.15, 0.2) is 16.1 Å². The van der Waals surface area contributed by atoms with Crippen molar-refractivity contribution in [2.75, 3.05) is 6.54 Å². The molecule has 0 aromatic heterocycles. The maximum absolute atomic E-state index is 11.0. The van der Waals surface area contributed by atoms with Gasteiger partial charge in [-0.15, -0.1) is 0 Å². The Hall–Kier alpha value is -1.21. The second kappa shape index (κ2) is 2.68. The van der Waals surface area contributed by atoms with Crippen molar-refractivity contribution in [2.24, 2.45) is 10.7 Å². The molecule has 1 rings (SSSR count). The van der Waals surface area contributed by atoms with E-state index in [4.69, 9.17) is 10.8 Å². The lowest BCUT2D eigenvalue weighted by atomic mass is 10.5. The zero-order valence-corrected chi connectivity index (χ0v) is 6.71. The van der Waals surface area contributed by atoms with E-state index in [0.717, 1.165) is 0 Å². The first kappa shape index (κ1) is 8.88. The Bertz CT molecular complexity index is 378. The average molecular weight is 190 g/mol. The molecule has 0 radical (unpaired) electrons. The first-order chi connectivity index (χ1) is 5.47. The van der Waals surface area contributed by atoms with Crippen LogP contribution in [0, 0.1) is 0 Å². The van der Waals surface area contributed by atoms with E-state index in [9.17, 15) is 13.2 Å². The SMILES string of the molecule is NCC1=NC(C(=O)O)=CS1(=O)=O. The van der Waals surface area contributed by atoms with Crippen molar-refractivity contribution in [3.05, 3.63) is 11.1 Å². The van der Waals surface area contributed by atoms with Gasteiger partial charge in [0.25, 0.3) is 0 Å². The van der Waals surface area contributed by atoms with Crippen molar-refractivity contribution in [3.63, 3.8) is 0 Å². The molecule has 0 spiro atoms. The first-order valence-corrected chi connectivity index (χ1v) is 4.49. The van der Waals surface area contributed by atoms with Gasteiger partial charge in [-0.1, -0.05) is 0 Å². The van der Waals surface area contributed by atoms with Gasteiger partial charge in [0.2, 0.25) is 9.84 Å². The number of carboxylic acids is 1. The zero-order chi connectivity index (χ0) is 9.35. The van der Waals surface area contributed by atoms with Gasteiger partial charge in [0, 0.05) is 6.54 Å². The molecular formula is C5H6N2O4S. The van der Waals surface area contributed by atoms with Crippen LogP contribution in [0.5, 0.6) is 0 Å². The van der Waals surface area contributed by atoms with Crippen LogP contribution in [0.2, 0.25) is 0 Å². The number of sulfone groups is 1. The van der Waals surface area contributed by atoms with Gasteiger partial charge in [-0.2, -0.15) is 0 Å². The van der Waals surface area contributed by atoms with Gasteiger partial charge < -0.3 is 10.8 Å². The van der Waals surface area contributed by atoms with E-state index in [1.165, 1.54) is 0 Å². The summed E-state index contributed by atoms with van der Waals surface area (Å²) in [5.74, 6) is -1.37. The summed E-state index contributed by atoms with van der Waals surface area (Å²) < 4.78 is 21.9. The maximum Gasteiger partial charge on any atom is 0.355 e. The van der Waals surface area contributed by atoms with Crippen LogP contribution < -0.4 is 5.73 Å². The normalized spacial score (nSPS) is 20.1. The van der Waals surface area contributed by atoms with Gasteiger partial charge in [0.05, 0.1) is 5.41 Å². The summed E-state index contributed by atoms with van der Waals surface area (Å²) >= 11 is 0. The summed E-state index contributed by atoms with van der Waals surface area (Å²) in [6, 6.07) is 0. The van der Waals surface area contributed by atoms with Gasteiger partial charge in [-0.3, -0.25) is 0 Å². The molecule has 0 aromatic carbocycles. The molecule has 7 heteroatoms. The Labute approximate surface area is 68.3 Å². The predicted octanol–water partition coefficient (Wildman–Crippen LogP) is -1.30. The molecule has 0 fully saturated rings. The fraction of sp³-hybridized carbons (Fsp3) is 0.200. The van der Waals surface area contributed by atoms with Crippen LogP contribution in [0.25, 0.3) is 0 Å². The van der Waals surface area contributed by atoms with E-state index >= 15 is 0 Å². The molecule has 0 atom stereocenters. The zero-order valence-electron chi connectivity index (χ0n) is 5.89. The largest absolute Gasteiger partial charge is 0.476 e. The quantitative estimate of drug-likeness (QED) is 0.562. The number of hydrogen-bond donors (Lipinski definition) is 2. The highest BCUT2D eigenvalue weighted by atomic mass is 32.2. The van der Waals surface area contributed by atoms with Crippen LogP contribution in [0.4, 0.5) is 0 Å². The van der Waals surface area contributed by atoms with E-state index in [-0.39, 0.29) is 11.6 Å². The average Bonchev–Trinajstić information content (AvgIpc) is 2.25. The molecular weight excluding hydrogens is 184 g/mol. The number of nitrogens with two attached hydrogens (primary N) is 1. The van der Waals surface area contributed by atoms with Gasteiger partial charge in [0.1, 0.15) is 0 Å². The second-order valence-electron chi connectivity index (χ2n) is 2.06. The minimum absolute atomic E-state index is 0.282. The highest BCUT2D eigenvalue weighted by molar-refractivity contribution is 8.09. The molecule has 6 nitrogen and oxygen atoms in total. The lowest BCUT2D eigenvalue weighted by Crippen LogP contribution is -2.19. The van der Waals surface area contributed by atoms with E-state index in [1.807, 2.05) is 0 Å². The van der Waals surface area contributed by atoms with Gasteiger partial charge in [-0.25, -0.2) is 18.2 Å². The van der Waals surface area contributed by atoms with Crippen LogP contribution in [0.3, 0.4) is 0 Å². The molecule has 12 heavy (non-hydrogen) atoms. The summed E-state index contributed by atoms with van der Waals surface area (Å²) in [6.45, 7) is -0.282. The number of rotatable bonds is 2. The van der Waals surface area contributed by atoms with Gasteiger partial charge in [-0.05, 0) is 0 Å². The summed E-state index contributed by atoms with van der Waals surface area (Å²) in [4.78, 5) is 13.6. The topological polar surface area (TPSA) is 110 Å². The molecule has 1 aliphatic heterocycles. The van der Waals surface area contributed by atoms with Gasteiger partial charge in [0.15, 0.2) is 10.7 Å². The first-order valence-electron chi connectivity index (χ1n) is 2.95. The Morgan fingerprint density at radius 1 is 1.67 bits per heavy atom. The number of aliphatic carboxylic acids is 1. The molecule has 0 aliphatic carbocycles. The van der Waals surface area contributed by atoms with E-state index in [2.05, 4.69) is 4.99 Å². The minimum Gasteiger partial charge on any atom is -0.476 e. The summed E-state index contributed by atoms with van der Waals surface area (Å²) in [7, 11) is -3.65. The van der Waals surface area contributed by atoms with Crippen molar-refractivity contribution in [1.82, 2.24) is 0 Å². The molecule has 0 saturated carbocycles. The molecule has 1 aliphatic rings. The second-order valence-corrected chi connectivity index (χ2v) is 3.86. The van der Waals surface area contributed by atoms with Crippen LogP contribution in [-0.4, -0.2) is 31.1 Å². The summed E-state index contributed by atoms with van der Waals surface area (Å²) in [5, 5.41) is 8.67. The fourth-order valence-corrected chi connectivity index (χ4v) is 1.74. The molecule has 66 valence electrons. The third kappa shape index (κ3) is 1.36. The number of carbonyl (C=O) groups is 1. The van der Waals surface area contributed by atoms with E-state index in [0.29, 0.717) is 5.41 Å². The molecule has 0 saturated heterocycles. The van der Waals surface area contributed by atoms with Gasteiger partial charge >= 0.3 is 5.97 Å². The number of carboxylic acid groups (broad SMARTS) is 1. The third-order valence-corrected chi connectivity index (χ3v) is 2.68. The number of hydrogen-bond acceptors (Lipinski definition) is 5. The molecule has 0 bridgehead atoms. The molecule has 3 N–H and O–H groups in total. The Morgan fingerprint density at radius 3 is 2.50 bits per heavy atom. The highest BCUT2D eigenvalue weighted by Crippen LogP contribution is 2.13. The highest BCUT2D eigenvalue weighted by Gasteiger charge is 2.26. The standard InChI is InChI=1S/C5H6N2O4S/c6-1-4-7-3(5(8)9)2-12(4,10)11/h2H,1,6H2,(H,8,9). The number of aliphatic imine (C=N–C) groups is 1. The predicted molar refractivity (Wildman–Crippen MR) is 41.1 cm³/mol. The molecule has 0 unspecified atom stereocenters. The Balaban J connectivity index is 3.17. The van der Waals surface area contributed by atoms with Crippen molar-refractivity contribution in [3.8, 4) is 0 Å². The van der Waals surface area contributed by atoms with Crippen molar-refractivity contribution in [2.45, 2.75) is 0 Å². The van der Waals surface area contributed by atoms with E-state index < -0.39 is 21.5 Å². The molecule has 0 amide bonds. The number of nitrogens with zero attached hydrogens (tertiary/aromatic N) is 1. The van der Waals surface area contributed by atoms with Crippen LogP contribution in [0.1, 0.15) is 0 Å².